The van der Waals surface area contributed by atoms with Crippen molar-refractivity contribution in [3.63, 3.8) is 0 Å². The maximum atomic E-state index is 3.42. The molecule has 1 aliphatic carbocycles. The zero-order valence-corrected chi connectivity index (χ0v) is 14.2. The third-order valence-electron chi connectivity index (χ3n) is 5.18. The maximum absolute atomic E-state index is 3.42. The fourth-order valence-corrected chi connectivity index (χ4v) is 4.17. The van der Waals surface area contributed by atoms with E-state index in [2.05, 4.69) is 50.5 Å². The van der Waals surface area contributed by atoms with E-state index in [1.54, 1.807) is 5.56 Å². The lowest BCUT2D eigenvalue weighted by atomic mass is 9.70. The standard InChI is InChI=1S/C20H33N/c1-4-7-16-9-6-10-18(13-16)20-14-17(8-5-2)11-12-19(20)15-21-3/h6,9-10,13,17,19-21H,4-5,7-8,11-12,14-15H2,1-3H3. The number of hydrogen-bond acceptors (Lipinski definition) is 1. The van der Waals surface area contributed by atoms with E-state index in [0.29, 0.717) is 0 Å². The summed E-state index contributed by atoms with van der Waals surface area (Å²) >= 11 is 0. The van der Waals surface area contributed by atoms with Crippen molar-refractivity contribution >= 4 is 0 Å². The highest BCUT2D eigenvalue weighted by atomic mass is 14.8. The summed E-state index contributed by atoms with van der Waals surface area (Å²) in [6, 6.07) is 9.44. The average molecular weight is 287 g/mol. The summed E-state index contributed by atoms with van der Waals surface area (Å²) in [4.78, 5) is 0. The van der Waals surface area contributed by atoms with E-state index in [1.165, 1.54) is 57.1 Å². The van der Waals surface area contributed by atoms with Gasteiger partial charge in [-0.2, -0.15) is 0 Å². The molecule has 1 nitrogen and oxygen atoms in total. The van der Waals surface area contributed by atoms with Crippen LogP contribution >= 0.6 is 0 Å². The SMILES string of the molecule is CCCc1cccc(C2CC(CCC)CCC2CNC)c1. The molecule has 0 bridgehead atoms. The Balaban J connectivity index is 2.15. The molecule has 0 saturated heterocycles. The van der Waals surface area contributed by atoms with Crippen LogP contribution in [0.2, 0.25) is 0 Å². The normalized spacial score (nSPS) is 26.0. The summed E-state index contributed by atoms with van der Waals surface area (Å²) in [5.74, 6) is 2.53. The Hall–Kier alpha value is -0.820. The molecule has 0 spiro atoms. The van der Waals surface area contributed by atoms with Crippen LogP contribution in [0.25, 0.3) is 0 Å². The first kappa shape index (κ1) is 16.5. The van der Waals surface area contributed by atoms with Gasteiger partial charge in [0.2, 0.25) is 0 Å². The molecule has 21 heavy (non-hydrogen) atoms. The van der Waals surface area contributed by atoms with Crippen LogP contribution in [0.1, 0.15) is 69.4 Å². The zero-order valence-electron chi connectivity index (χ0n) is 14.2. The summed E-state index contributed by atoms with van der Waals surface area (Å²) in [6.07, 6.45) is 9.44. The Bertz CT molecular complexity index is 412. The van der Waals surface area contributed by atoms with Gasteiger partial charge in [0.05, 0.1) is 0 Å². The Labute approximate surface area is 131 Å². The van der Waals surface area contributed by atoms with Crippen molar-refractivity contribution in [3.05, 3.63) is 35.4 Å². The van der Waals surface area contributed by atoms with Crippen LogP contribution in [0.5, 0.6) is 0 Å². The van der Waals surface area contributed by atoms with Crippen molar-refractivity contribution in [1.29, 1.82) is 0 Å². The van der Waals surface area contributed by atoms with E-state index in [1.807, 2.05) is 0 Å². The predicted molar refractivity (Wildman–Crippen MR) is 92.8 cm³/mol. The highest BCUT2D eigenvalue weighted by Gasteiger charge is 2.30. The van der Waals surface area contributed by atoms with Gasteiger partial charge in [-0.1, -0.05) is 63.8 Å². The molecular weight excluding hydrogens is 254 g/mol. The van der Waals surface area contributed by atoms with Crippen LogP contribution in [-0.2, 0) is 6.42 Å². The first-order valence-electron chi connectivity index (χ1n) is 9.01. The molecule has 0 heterocycles. The Morgan fingerprint density at radius 2 is 2.00 bits per heavy atom. The Morgan fingerprint density at radius 1 is 1.14 bits per heavy atom. The monoisotopic (exact) mass is 287 g/mol. The average Bonchev–Trinajstić information content (AvgIpc) is 2.50. The van der Waals surface area contributed by atoms with Crippen LogP contribution in [-0.4, -0.2) is 13.6 Å². The van der Waals surface area contributed by atoms with E-state index in [0.717, 1.165) is 17.8 Å². The quantitative estimate of drug-likeness (QED) is 0.730. The van der Waals surface area contributed by atoms with Crippen molar-refractivity contribution < 1.29 is 0 Å². The molecule has 0 aromatic heterocycles. The van der Waals surface area contributed by atoms with Gasteiger partial charge in [0.15, 0.2) is 0 Å². The van der Waals surface area contributed by atoms with E-state index in [9.17, 15) is 0 Å². The molecule has 1 aliphatic rings. The van der Waals surface area contributed by atoms with Crippen LogP contribution in [0.15, 0.2) is 24.3 Å². The third kappa shape index (κ3) is 4.57. The molecule has 1 aromatic carbocycles. The van der Waals surface area contributed by atoms with E-state index in [-0.39, 0.29) is 0 Å². The van der Waals surface area contributed by atoms with Gasteiger partial charge in [-0.05, 0) is 61.7 Å². The largest absolute Gasteiger partial charge is 0.319 e. The molecule has 0 radical (unpaired) electrons. The predicted octanol–water partition coefficient (Wildman–Crippen LogP) is 5.16. The minimum absolute atomic E-state index is 0.763. The second-order valence-electron chi connectivity index (χ2n) is 6.89. The maximum Gasteiger partial charge on any atom is -0.00177 e. The highest BCUT2D eigenvalue weighted by Crippen LogP contribution is 2.42. The second-order valence-corrected chi connectivity index (χ2v) is 6.89. The molecule has 3 unspecified atom stereocenters. The van der Waals surface area contributed by atoms with Crippen LogP contribution in [0.4, 0.5) is 0 Å². The van der Waals surface area contributed by atoms with Crippen molar-refractivity contribution in [1.82, 2.24) is 5.32 Å². The molecule has 1 aromatic rings. The van der Waals surface area contributed by atoms with Gasteiger partial charge < -0.3 is 5.32 Å². The summed E-state index contributed by atoms with van der Waals surface area (Å²) < 4.78 is 0. The van der Waals surface area contributed by atoms with Crippen molar-refractivity contribution in [2.75, 3.05) is 13.6 Å². The van der Waals surface area contributed by atoms with Crippen LogP contribution in [0.3, 0.4) is 0 Å². The summed E-state index contributed by atoms with van der Waals surface area (Å²) in [6.45, 7) is 5.77. The molecule has 1 heteroatoms. The summed E-state index contributed by atoms with van der Waals surface area (Å²) in [5.41, 5.74) is 3.12. The first-order chi connectivity index (χ1) is 10.3. The lowest BCUT2D eigenvalue weighted by Gasteiger charge is -2.37. The fourth-order valence-electron chi connectivity index (χ4n) is 4.17. The van der Waals surface area contributed by atoms with Gasteiger partial charge in [0.1, 0.15) is 0 Å². The first-order valence-corrected chi connectivity index (χ1v) is 9.01. The van der Waals surface area contributed by atoms with Crippen LogP contribution < -0.4 is 5.32 Å². The van der Waals surface area contributed by atoms with Crippen LogP contribution in [0, 0.1) is 11.8 Å². The second kappa shape index (κ2) is 8.58. The summed E-state index contributed by atoms with van der Waals surface area (Å²) in [5, 5.41) is 3.42. The van der Waals surface area contributed by atoms with Gasteiger partial charge >= 0.3 is 0 Å². The van der Waals surface area contributed by atoms with Crippen molar-refractivity contribution in [2.45, 2.75) is 64.7 Å². The zero-order chi connectivity index (χ0) is 15.1. The number of hydrogen-bond donors (Lipinski definition) is 1. The summed E-state index contributed by atoms with van der Waals surface area (Å²) in [7, 11) is 2.10. The number of aryl methyl sites for hydroxylation is 1. The van der Waals surface area contributed by atoms with Gasteiger partial charge in [0.25, 0.3) is 0 Å². The van der Waals surface area contributed by atoms with Gasteiger partial charge in [-0.15, -0.1) is 0 Å². The topological polar surface area (TPSA) is 12.0 Å². The van der Waals surface area contributed by atoms with E-state index in [4.69, 9.17) is 0 Å². The van der Waals surface area contributed by atoms with Gasteiger partial charge in [-0.25, -0.2) is 0 Å². The minimum Gasteiger partial charge on any atom is -0.319 e. The highest BCUT2D eigenvalue weighted by molar-refractivity contribution is 5.27. The third-order valence-corrected chi connectivity index (χ3v) is 5.18. The minimum atomic E-state index is 0.763. The Morgan fingerprint density at radius 3 is 2.71 bits per heavy atom. The lowest BCUT2D eigenvalue weighted by Crippen LogP contribution is -2.30. The number of rotatable bonds is 7. The number of nitrogens with one attached hydrogen (secondary N) is 1. The molecular formula is C20H33N. The smallest absolute Gasteiger partial charge is 0.00177 e. The molecule has 1 fully saturated rings. The Kier molecular flexibility index (Phi) is 6.76. The van der Waals surface area contributed by atoms with E-state index >= 15 is 0 Å². The molecule has 118 valence electrons. The fraction of sp³-hybridized carbons (Fsp3) is 0.700. The molecule has 1 N–H and O–H groups in total. The molecule has 1 saturated carbocycles. The molecule has 2 rings (SSSR count). The number of benzene rings is 1. The van der Waals surface area contributed by atoms with Gasteiger partial charge in [-0.3, -0.25) is 0 Å². The van der Waals surface area contributed by atoms with E-state index < -0.39 is 0 Å². The van der Waals surface area contributed by atoms with Crippen molar-refractivity contribution in [2.24, 2.45) is 11.8 Å². The molecule has 0 amide bonds. The molecule has 0 aliphatic heterocycles. The van der Waals surface area contributed by atoms with Gasteiger partial charge in [0, 0.05) is 0 Å². The van der Waals surface area contributed by atoms with Crippen molar-refractivity contribution in [3.8, 4) is 0 Å². The molecule has 3 atom stereocenters. The lowest BCUT2D eigenvalue weighted by molar-refractivity contribution is 0.223.